The quantitative estimate of drug-likeness (QED) is 0.788. The van der Waals surface area contributed by atoms with Crippen molar-refractivity contribution in [3.05, 3.63) is 17.7 Å². The van der Waals surface area contributed by atoms with Crippen LogP contribution >= 0.6 is 0 Å². The van der Waals surface area contributed by atoms with Crippen LogP contribution in [0.2, 0.25) is 0 Å². The summed E-state index contributed by atoms with van der Waals surface area (Å²) < 4.78 is 3.27. The molecule has 21 heavy (non-hydrogen) atoms. The Bertz CT molecular complexity index is 664. The lowest BCUT2D eigenvalue weighted by atomic mass is 9.89. The molecule has 2 aromatic rings. The predicted octanol–water partition coefficient (Wildman–Crippen LogP) is 2.17. The van der Waals surface area contributed by atoms with Crippen LogP contribution in [0, 0.1) is 0 Å². The van der Waals surface area contributed by atoms with Gasteiger partial charge in [0.15, 0.2) is 5.82 Å². The second-order valence-electron chi connectivity index (χ2n) is 7.60. The van der Waals surface area contributed by atoms with Gasteiger partial charge in [0.05, 0.1) is 5.69 Å². The van der Waals surface area contributed by atoms with Crippen LogP contribution in [0.15, 0.2) is 6.20 Å². The van der Waals surface area contributed by atoms with E-state index in [0.29, 0.717) is 11.5 Å². The highest BCUT2D eigenvalue weighted by Crippen LogP contribution is 2.35. The Hall–Kier alpha value is -1.98. The highest BCUT2D eigenvalue weighted by molar-refractivity contribution is 5.73. The van der Waals surface area contributed by atoms with Crippen molar-refractivity contribution in [2.45, 2.75) is 52.4 Å². The smallest absolute Gasteiger partial charge is 0.150 e. The second kappa shape index (κ2) is 4.51. The maximum Gasteiger partial charge on any atom is 0.150 e. The molecule has 0 aliphatic rings. The molecule has 116 valence electrons. The minimum atomic E-state index is -0.175. The van der Waals surface area contributed by atoms with Crippen molar-refractivity contribution in [2.75, 3.05) is 11.6 Å². The van der Waals surface area contributed by atoms with Crippen LogP contribution in [0.25, 0.3) is 11.3 Å². The van der Waals surface area contributed by atoms with Crippen molar-refractivity contribution in [3.8, 4) is 11.3 Å². The van der Waals surface area contributed by atoms with Gasteiger partial charge in [0, 0.05) is 29.6 Å². The number of nitrogen functional groups attached to an aromatic ring is 2. The van der Waals surface area contributed by atoms with Gasteiger partial charge in [-0.1, -0.05) is 41.5 Å². The number of nitrogens with two attached hydrogens (primary N) is 2. The molecule has 0 saturated heterocycles. The van der Waals surface area contributed by atoms with Crippen molar-refractivity contribution in [2.24, 2.45) is 7.05 Å². The van der Waals surface area contributed by atoms with Crippen LogP contribution < -0.4 is 11.6 Å². The van der Waals surface area contributed by atoms with E-state index in [2.05, 4.69) is 46.6 Å². The van der Waals surface area contributed by atoms with Gasteiger partial charge in [0.2, 0.25) is 0 Å². The van der Waals surface area contributed by atoms with Crippen LogP contribution in [0.1, 0.15) is 53.1 Å². The molecule has 6 heteroatoms. The summed E-state index contributed by atoms with van der Waals surface area (Å²) in [6.45, 7) is 12.6. The van der Waals surface area contributed by atoms with Crippen LogP contribution in [-0.4, -0.2) is 19.4 Å². The normalized spacial score (nSPS) is 12.9. The maximum atomic E-state index is 6.19. The van der Waals surface area contributed by atoms with E-state index in [1.165, 1.54) is 4.68 Å². The number of aromatic nitrogens is 4. The second-order valence-corrected chi connectivity index (χ2v) is 7.60. The molecule has 2 rings (SSSR count). The summed E-state index contributed by atoms with van der Waals surface area (Å²) in [7, 11) is 1.90. The van der Waals surface area contributed by atoms with Crippen LogP contribution in [-0.2, 0) is 17.9 Å². The van der Waals surface area contributed by atoms with E-state index < -0.39 is 0 Å². The summed E-state index contributed by atoms with van der Waals surface area (Å²) in [5.74, 6) is 7.33. The summed E-state index contributed by atoms with van der Waals surface area (Å²) in [6.07, 6.45) is 1.95. The van der Waals surface area contributed by atoms with Crippen molar-refractivity contribution < 1.29 is 0 Å². The maximum absolute atomic E-state index is 6.19. The molecule has 6 nitrogen and oxygen atoms in total. The van der Waals surface area contributed by atoms with Crippen LogP contribution in [0.5, 0.6) is 0 Å². The van der Waals surface area contributed by atoms with Gasteiger partial charge in [-0.25, -0.2) is 9.66 Å². The van der Waals surface area contributed by atoms with Crippen molar-refractivity contribution >= 4 is 5.82 Å². The summed E-state index contributed by atoms with van der Waals surface area (Å²) in [5.41, 5.74) is 8.54. The van der Waals surface area contributed by atoms with Gasteiger partial charge in [0.25, 0.3) is 0 Å². The van der Waals surface area contributed by atoms with Gasteiger partial charge in [0.1, 0.15) is 11.5 Å². The van der Waals surface area contributed by atoms with Crippen molar-refractivity contribution in [1.29, 1.82) is 0 Å². The molecule has 0 aliphatic carbocycles. The Labute approximate surface area is 126 Å². The third-order valence-electron chi connectivity index (χ3n) is 3.41. The minimum absolute atomic E-state index is 0.0939. The summed E-state index contributed by atoms with van der Waals surface area (Å²) >= 11 is 0. The minimum Gasteiger partial charge on any atom is -0.382 e. The van der Waals surface area contributed by atoms with Gasteiger partial charge in [-0.3, -0.25) is 4.68 Å². The number of anilines is 1. The topological polar surface area (TPSA) is 87.7 Å². The molecular weight excluding hydrogens is 264 g/mol. The number of rotatable bonds is 1. The standard InChI is InChI=1S/C15H26N6/c1-14(2,3)11-9(8-20(7)19-11)10-12(16)21(17)13(18-10)15(4,5)6/h8H,16-17H2,1-7H3. The molecule has 0 aromatic carbocycles. The lowest BCUT2D eigenvalue weighted by Crippen LogP contribution is -2.24. The van der Waals surface area contributed by atoms with E-state index in [0.717, 1.165) is 17.1 Å². The molecule has 0 unspecified atom stereocenters. The van der Waals surface area contributed by atoms with Gasteiger partial charge in [-0.05, 0) is 0 Å². The van der Waals surface area contributed by atoms with Crippen molar-refractivity contribution in [3.63, 3.8) is 0 Å². The first-order valence-electron chi connectivity index (χ1n) is 7.11. The average molecular weight is 290 g/mol. The summed E-state index contributed by atoms with van der Waals surface area (Å²) in [4.78, 5) is 4.70. The summed E-state index contributed by atoms with van der Waals surface area (Å²) in [6, 6.07) is 0. The Morgan fingerprint density at radius 2 is 1.62 bits per heavy atom. The average Bonchev–Trinajstić information content (AvgIpc) is 2.80. The van der Waals surface area contributed by atoms with Crippen LogP contribution in [0.3, 0.4) is 0 Å². The van der Waals surface area contributed by atoms with E-state index in [4.69, 9.17) is 16.6 Å². The van der Waals surface area contributed by atoms with E-state index >= 15 is 0 Å². The molecule has 0 atom stereocenters. The Morgan fingerprint density at radius 3 is 2.05 bits per heavy atom. The molecule has 0 amide bonds. The number of imidazole rings is 1. The lowest BCUT2D eigenvalue weighted by molar-refractivity contribution is 0.532. The lowest BCUT2D eigenvalue weighted by Gasteiger charge is -2.17. The summed E-state index contributed by atoms with van der Waals surface area (Å²) in [5, 5.41) is 4.57. The molecule has 0 aliphatic heterocycles. The Kier molecular flexibility index (Phi) is 3.31. The number of nitrogens with zero attached hydrogens (tertiary/aromatic N) is 4. The fourth-order valence-electron chi connectivity index (χ4n) is 2.39. The molecule has 2 aromatic heterocycles. The van der Waals surface area contributed by atoms with E-state index in [1.54, 1.807) is 4.68 Å². The molecular formula is C15H26N6. The van der Waals surface area contributed by atoms with Gasteiger partial charge in [-0.2, -0.15) is 5.10 Å². The van der Waals surface area contributed by atoms with Gasteiger partial charge in [-0.15, -0.1) is 0 Å². The highest BCUT2D eigenvalue weighted by atomic mass is 15.4. The monoisotopic (exact) mass is 290 g/mol. The highest BCUT2D eigenvalue weighted by Gasteiger charge is 2.29. The van der Waals surface area contributed by atoms with Gasteiger partial charge >= 0.3 is 0 Å². The van der Waals surface area contributed by atoms with E-state index in [9.17, 15) is 0 Å². The molecule has 0 fully saturated rings. The zero-order valence-corrected chi connectivity index (χ0v) is 14.0. The Balaban J connectivity index is 2.70. The first-order chi connectivity index (χ1) is 9.43. The predicted molar refractivity (Wildman–Crippen MR) is 86.4 cm³/mol. The third-order valence-corrected chi connectivity index (χ3v) is 3.41. The fraction of sp³-hybridized carbons (Fsp3) is 0.600. The Morgan fingerprint density at radius 1 is 1.05 bits per heavy atom. The molecule has 0 spiro atoms. The third kappa shape index (κ3) is 2.62. The number of hydrogen-bond donors (Lipinski definition) is 2. The SMILES string of the molecule is Cn1cc(-c2nc(C(C)(C)C)n(N)c2N)c(C(C)(C)C)n1. The van der Waals surface area contributed by atoms with Crippen LogP contribution in [0.4, 0.5) is 5.82 Å². The molecule has 0 radical (unpaired) electrons. The van der Waals surface area contributed by atoms with Crippen molar-refractivity contribution in [1.82, 2.24) is 19.4 Å². The van der Waals surface area contributed by atoms with Gasteiger partial charge < -0.3 is 11.6 Å². The molecule has 0 bridgehead atoms. The zero-order valence-electron chi connectivity index (χ0n) is 14.0. The van der Waals surface area contributed by atoms with E-state index in [-0.39, 0.29) is 10.8 Å². The number of hydrogen-bond acceptors (Lipinski definition) is 4. The fourth-order valence-corrected chi connectivity index (χ4v) is 2.39. The zero-order chi connectivity index (χ0) is 16.2. The molecule has 4 N–H and O–H groups in total. The largest absolute Gasteiger partial charge is 0.382 e. The first kappa shape index (κ1) is 15.4. The first-order valence-corrected chi connectivity index (χ1v) is 7.11. The van der Waals surface area contributed by atoms with E-state index in [1.807, 2.05) is 13.2 Å². The number of aryl methyl sites for hydroxylation is 1. The molecule has 2 heterocycles. The molecule has 0 saturated carbocycles.